The second kappa shape index (κ2) is 5.54. The number of carbonyl (C=O) groups excluding carboxylic acids is 1. The highest BCUT2D eigenvalue weighted by Crippen LogP contribution is 2.22. The van der Waals surface area contributed by atoms with Crippen LogP contribution in [0.25, 0.3) is 0 Å². The summed E-state index contributed by atoms with van der Waals surface area (Å²) in [6, 6.07) is 4.65. The molecule has 0 aliphatic carbocycles. The van der Waals surface area contributed by atoms with Crippen LogP contribution in [0.15, 0.2) is 23.1 Å². The van der Waals surface area contributed by atoms with Gasteiger partial charge in [0.1, 0.15) is 0 Å². The number of piperidine rings is 1. The first-order valence-corrected chi connectivity index (χ1v) is 8.26. The Morgan fingerprint density at radius 3 is 2.45 bits per heavy atom. The van der Waals surface area contributed by atoms with Crippen LogP contribution in [0.4, 0.5) is 0 Å². The molecule has 110 valence electrons. The Bertz CT molecular complexity index is 617. The first kappa shape index (κ1) is 15.0. The lowest BCUT2D eigenvalue weighted by molar-refractivity contribution is 0.0693. The minimum Gasteiger partial charge on any atom is -0.339 e. The number of nitrogens with zero attached hydrogens (tertiary/aromatic N) is 1. The molecule has 1 aliphatic rings. The van der Waals surface area contributed by atoms with Gasteiger partial charge in [0.15, 0.2) is 0 Å². The Labute approximate surface area is 119 Å². The van der Waals surface area contributed by atoms with Crippen LogP contribution < -0.4 is 5.14 Å². The van der Waals surface area contributed by atoms with E-state index in [2.05, 4.69) is 6.92 Å². The van der Waals surface area contributed by atoms with Crippen LogP contribution in [-0.2, 0) is 10.0 Å². The summed E-state index contributed by atoms with van der Waals surface area (Å²) < 4.78 is 23.2. The third-order valence-corrected chi connectivity index (χ3v) is 4.71. The Balaban J connectivity index is 2.36. The summed E-state index contributed by atoms with van der Waals surface area (Å²) in [6.45, 7) is 5.31. The number of hydrogen-bond donors (Lipinski definition) is 1. The Hall–Kier alpha value is -1.40. The smallest absolute Gasteiger partial charge is 0.255 e. The highest BCUT2D eigenvalue weighted by molar-refractivity contribution is 7.89. The zero-order chi connectivity index (χ0) is 14.9. The van der Waals surface area contributed by atoms with E-state index in [9.17, 15) is 13.2 Å². The van der Waals surface area contributed by atoms with Gasteiger partial charge in [-0.3, -0.25) is 4.79 Å². The first-order chi connectivity index (χ1) is 9.29. The molecule has 0 spiro atoms. The van der Waals surface area contributed by atoms with Gasteiger partial charge in [0, 0.05) is 13.1 Å². The van der Waals surface area contributed by atoms with Crippen molar-refractivity contribution in [1.29, 1.82) is 0 Å². The average Bonchev–Trinajstić information content (AvgIpc) is 2.37. The van der Waals surface area contributed by atoms with Crippen molar-refractivity contribution >= 4 is 15.9 Å². The zero-order valence-electron chi connectivity index (χ0n) is 11.8. The maximum Gasteiger partial charge on any atom is 0.255 e. The fourth-order valence-electron chi connectivity index (χ4n) is 2.44. The summed E-state index contributed by atoms with van der Waals surface area (Å²) in [6.07, 6.45) is 1.89. The highest BCUT2D eigenvalue weighted by atomic mass is 32.2. The van der Waals surface area contributed by atoms with Gasteiger partial charge in [-0.2, -0.15) is 0 Å². The number of likely N-dealkylation sites (tertiary alicyclic amines) is 1. The summed E-state index contributed by atoms with van der Waals surface area (Å²) in [4.78, 5) is 14.2. The number of nitrogens with two attached hydrogens (primary N) is 1. The van der Waals surface area contributed by atoms with Crippen LogP contribution in [0.3, 0.4) is 0 Å². The molecule has 0 bridgehead atoms. The second-order valence-corrected chi connectivity index (χ2v) is 7.05. The van der Waals surface area contributed by atoms with E-state index < -0.39 is 10.0 Å². The number of carbonyl (C=O) groups is 1. The molecule has 20 heavy (non-hydrogen) atoms. The molecular formula is C14H20N2O3S. The third kappa shape index (κ3) is 3.19. The summed E-state index contributed by atoms with van der Waals surface area (Å²) in [5, 5.41) is 5.20. The molecule has 0 saturated carbocycles. The van der Waals surface area contributed by atoms with Crippen LogP contribution in [-0.4, -0.2) is 32.3 Å². The number of rotatable bonds is 2. The molecule has 5 nitrogen and oxygen atoms in total. The van der Waals surface area contributed by atoms with Gasteiger partial charge >= 0.3 is 0 Å². The predicted molar refractivity (Wildman–Crippen MR) is 76.9 cm³/mol. The lowest BCUT2D eigenvalue weighted by atomic mass is 9.98. The average molecular weight is 296 g/mol. The molecule has 1 fully saturated rings. The van der Waals surface area contributed by atoms with Crippen LogP contribution in [0, 0.1) is 12.8 Å². The molecule has 1 heterocycles. The maximum absolute atomic E-state index is 12.5. The van der Waals surface area contributed by atoms with Gasteiger partial charge in [0.05, 0.1) is 10.5 Å². The fraction of sp³-hybridized carbons (Fsp3) is 0.500. The van der Waals surface area contributed by atoms with Gasteiger partial charge in [-0.25, -0.2) is 13.6 Å². The van der Waals surface area contributed by atoms with Crippen molar-refractivity contribution in [2.24, 2.45) is 11.1 Å². The van der Waals surface area contributed by atoms with Gasteiger partial charge in [-0.15, -0.1) is 0 Å². The van der Waals surface area contributed by atoms with E-state index in [0.29, 0.717) is 19.0 Å². The van der Waals surface area contributed by atoms with E-state index in [1.165, 1.54) is 6.07 Å². The predicted octanol–water partition coefficient (Wildman–Crippen LogP) is 1.51. The van der Waals surface area contributed by atoms with E-state index in [-0.39, 0.29) is 16.4 Å². The van der Waals surface area contributed by atoms with Gasteiger partial charge in [0.2, 0.25) is 10.0 Å². The minimum atomic E-state index is -3.89. The fourth-order valence-corrected chi connectivity index (χ4v) is 3.15. The molecule has 2 N–H and O–H groups in total. The van der Waals surface area contributed by atoms with Crippen molar-refractivity contribution in [2.45, 2.75) is 31.6 Å². The molecular weight excluding hydrogens is 276 g/mol. The SMILES string of the molecule is Cc1ccc(S(N)(=O)=O)c(C(=O)N2CCC(C)CC2)c1. The normalized spacial score (nSPS) is 17.2. The first-order valence-electron chi connectivity index (χ1n) is 6.72. The number of primary sulfonamides is 1. The Morgan fingerprint density at radius 1 is 1.30 bits per heavy atom. The molecule has 0 radical (unpaired) electrons. The second-order valence-electron chi connectivity index (χ2n) is 5.52. The molecule has 1 amide bonds. The van der Waals surface area contributed by atoms with Gasteiger partial charge in [-0.05, 0) is 37.8 Å². The van der Waals surface area contributed by atoms with Crippen LogP contribution in [0.5, 0.6) is 0 Å². The van der Waals surface area contributed by atoms with Crippen molar-refractivity contribution in [3.63, 3.8) is 0 Å². The number of sulfonamides is 1. The quantitative estimate of drug-likeness (QED) is 0.898. The summed E-state index contributed by atoms with van der Waals surface area (Å²) >= 11 is 0. The number of benzene rings is 1. The van der Waals surface area contributed by atoms with E-state index >= 15 is 0 Å². The lowest BCUT2D eigenvalue weighted by Gasteiger charge is -2.30. The molecule has 1 saturated heterocycles. The Kier molecular flexibility index (Phi) is 4.15. The van der Waals surface area contributed by atoms with Gasteiger partial charge < -0.3 is 4.90 Å². The van der Waals surface area contributed by atoms with E-state index in [1.807, 2.05) is 6.92 Å². The lowest BCUT2D eigenvalue weighted by Crippen LogP contribution is -2.38. The number of hydrogen-bond acceptors (Lipinski definition) is 3. The number of amides is 1. The van der Waals surface area contributed by atoms with Gasteiger partial charge in [0.25, 0.3) is 5.91 Å². The summed E-state index contributed by atoms with van der Waals surface area (Å²) in [5.74, 6) is 0.360. The van der Waals surface area contributed by atoms with Crippen LogP contribution in [0.2, 0.25) is 0 Å². The van der Waals surface area contributed by atoms with Crippen LogP contribution in [0.1, 0.15) is 35.7 Å². The monoisotopic (exact) mass is 296 g/mol. The van der Waals surface area contributed by atoms with E-state index in [0.717, 1.165) is 18.4 Å². The summed E-state index contributed by atoms with van der Waals surface area (Å²) in [5.41, 5.74) is 1.02. The largest absolute Gasteiger partial charge is 0.339 e. The highest BCUT2D eigenvalue weighted by Gasteiger charge is 2.26. The standard InChI is InChI=1S/C14H20N2O3S/c1-10-5-7-16(8-6-10)14(17)12-9-11(2)3-4-13(12)20(15,18)19/h3-4,9-10H,5-8H2,1-2H3,(H2,15,18,19). The molecule has 0 atom stereocenters. The summed E-state index contributed by atoms with van der Waals surface area (Å²) in [7, 11) is -3.89. The molecule has 1 aromatic rings. The van der Waals surface area contributed by atoms with E-state index in [1.54, 1.807) is 17.0 Å². The van der Waals surface area contributed by atoms with E-state index in [4.69, 9.17) is 5.14 Å². The molecule has 1 aromatic carbocycles. The Morgan fingerprint density at radius 2 is 1.90 bits per heavy atom. The molecule has 2 rings (SSSR count). The van der Waals surface area contributed by atoms with Crippen molar-refractivity contribution in [3.8, 4) is 0 Å². The minimum absolute atomic E-state index is 0.0910. The van der Waals surface area contributed by atoms with Crippen molar-refractivity contribution in [1.82, 2.24) is 4.90 Å². The van der Waals surface area contributed by atoms with Gasteiger partial charge in [-0.1, -0.05) is 18.6 Å². The number of aryl methyl sites for hydroxylation is 1. The maximum atomic E-state index is 12.5. The molecule has 0 unspecified atom stereocenters. The third-order valence-electron chi connectivity index (χ3n) is 3.74. The topological polar surface area (TPSA) is 80.5 Å². The molecule has 6 heteroatoms. The van der Waals surface area contributed by atoms with Crippen LogP contribution >= 0.6 is 0 Å². The molecule has 1 aliphatic heterocycles. The molecule has 0 aromatic heterocycles. The van der Waals surface area contributed by atoms with Crippen molar-refractivity contribution in [3.05, 3.63) is 29.3 Å². The zero-order valence-corrected chi connectivity index (χ0v) is 12.6. The van der Waals surface area contributed by atoms with Crippen molar-refractivity contribution in [2.75, 3.05) is 13.1 Å². The van der Waals surface area contributed by atoms with Crippen molar-refractivity contribution < 1.29 is 13.2 Å².